The van der Waals surface area contributed by atoms with E-state index in [2.05, 4.69) is 5.32 Å². The first-order chi connectivity index (χ1) is 17.3. The number of hydrogen-bond acceptors (Lipinski definition) is 6. The van der Waals surface area contributed by atoms with Crippen LogP contribution in [0.3, 0.4) is 0 Å². The van der Waals surface area contributed by atoms with Crippen molar-refractivity contribution in [3.8, 4) is 0 Å². The van der Waals surface area contributed by atoms with Crippen molar-refractivity contribution in [3.05, 3.63) is 36.0 Å². The number of rotatable bonds is 8. The van der Waals surface area contributed by atoms with E-state index in [0.29, 0.717) is 38.3 Å². The van der Waals surface area contributed by atoms with Crippen LogP contribution in [-0.4, -0.2) is 76.3 Å². The molecule has 5 rings (SSSR count). The molecule has 36 heavy (non-hydrogen) atoms. The molecule has 0 bridgehead atoms. The molecule has 1 aromatic heterocycles. The summed E-state index contributed by atoms with van der Waals surface area (Å²) in [5, 5.41) is 22.9. The molecule has 2 aliphatic heterocycles. The lowest BCUT2D eigenvalue weighted by Gasteiger charge is -2.34. The van der Waals surface area contributed by atoms with Gasteiger partial charge in [0, 0.05) is 36.1 Å². The van der Waals surface area contributed by atoms with E-state index < -0.39 is 21.7 Å². The molecule has 0 radical (unpaired) electrons. The van der Waals surface area contributed by atoms with Gasteiger partial charge in [-0.1, -0.05) is 31.4 Å². The smallest absolute Gasteiger partial charge is 0.253 e. The van der Waals surface area contributed by atoms with Crippen LogP contribution in [0.5, 0.6) is 0 Å². The topological polar surface area (TPSA) is 124 Å². The summed E-state index contributed by atoms with van der Waals surface area (Å²) in [6, 6.07) is 7.67. The Morgan fingerprint density at radius 3 is 2.61 bits per heavy atom. The zero-order valence-corrected chi connectivity index (χ0v) is 21.4. The van der Waals surface area contributed by atoms with Crippen molar-refractivity contribution in [1.29, 1.82) is 0 Å². The number of aliphatic hydroxyl groups excluding tert-OH is 2. The van der Waals surface area contributed by atoms with Crippen molar-refractivity contribution >= 4 is 32.7 Å². The number of aliphatic imine (C=N–C) groups is 1. The van der Waals surface area contributed by atoms with Crippen LogP contribution in [-0.2, 0) is 27.8 Å². The molecule has 1 aliphatic carbocycles. The molecule has 1 unspecified atom stereocenters. The molecule has 1 saturated heterocycles. The number of benzene rings is 1. The Hall–Kier alpha value is -2.27. The Morgan fingerprint density at radius 2 is 1.89 bits per heavy atom. The maximum Gasteiger partial charge on any atom is 0.253 e. The van der Waals surface area contributed by atoms with Crippen molar-refractivity contribution in [2.45, 2.75) is 69.6 Å². The Kier molecular flexibility index (Phi) is 7.22. The second kappa shape index (κ2) is 10.2. The quantitative estimate of drug-likeness (QED) is 0.494. The first kappa shape index (κ1) is 25.4. The standard InChI is InChI=1S/C26H36N4O5S/c31-18-21(32)17-29-13-9-22-19(7-4-8-23(22)29)10-16-36(34,35)30-14-11-26(12-15-30)25(33)27-24(28-26)20-5-2-1-3-6-20/h4,7-9,13,20-21,31-32H,1-3,5-6,10-12,14-18H2,(H,27,28,33). The van der Waals surface area contributed by atoms with Gasteiger partial charge in [0.15, 0.2) is 0 Å². The van der Waals surface area contributed by atoms with Gasteiger partial charge in [0.2, 0.25) is 10.0 Å². The largest absolute Gasteiger partial charge is 0.394 e. The van der Waals surface area contributed by atoms with Crippen LogP contribution in [0.15, 0.2) is 35.5 Å². The number of amides is 1. The van der Waals surface area contributed by atoms with E-state index in [0.717, 1.165) is 35.1 Å². The number of aliphatic hydroxyl groups is 2. The lowest BCUT2D eigenvalue weighted by Crippen LogP contribution is -2.51. The van der Waals surface area contributed by atoms with Crippen molar-refractivity contribution < 1.29 is 23.4 Å². The molecule has 3 N–H and O–H groups in total. The molecule has 1 aromatic carbocycles. The lowest BCUT2D eigenvalue weighted by atomic mass is 9.88. The number of amidine groups is 1. The predicted octanol–water partition coefficient (Wildman–Crippen LogP) is 1.81. The minimum absolute atomic E-state index is 0.00759. The molecule has 3 heterocycles. The average molecular weight is 517 g/mol. The van der Waals surface area contributed by atoms with Gasteiger partial charge in [0.25, 0.3) is 5.91 Å². The number of fused-ring (bicyclic) bond motifs is 1. The maximum absolute atomic E-state index is 13.2. The summed E-state index contributed by atoms with van der Waals surface area (Å²) >= 11 is 0. The predicted molar refractivity (Wildman–Crippen MR) is 138 cm³/mol. The van der Waals surface area contributed by atoms with Gasteiger partial charge in [0.05, 0.1) is 25.0 Å². The van der Waals surface area contributed by atoms with Crippen molar-refractivity contribution in [2.24, 2.45) is 10.9 Å². The lowest BCUT2D eigenvalue weighted by molar-refractivity contribution is -0.125. The molecule has 1 atom stereocenters. The van der Waals surface area contributed by atoms with Crippen LogP contribution < -0.4 is 5.32 Å². The minimum Gasteiger partial charge on any atom is -0.394 e. The number of nitrogens with zero attached hydrogens (tertiary/aromatic N) is 3. The number of aromatic nitrogens is 1. The fraction of sp³-hybridized carbons (Fsp3) is 0.615. The van der Waals surface area contributed by atoms with Gasteiger partial charge in [-0.05, 0) is 49.8 Å². The van der Waals surface area contributed by atoms with Crippen LogP contribution in [0.1, 0.15) is 50.5 Å². The molecule has 2 fully saturated rings. The Morgan fingerprint density at radius 1 is 1.14 bits per heavy atom. The SMILES string of the molecule is O=C1NC(C2CCCCC2)=NC12CCN(S(=O)(=O)CCc1cccc3c1ccn3CC(O)CO)CC2. The molecule has 1 saturated carbocycles. The Balaban J connectivity index is 1.23. The normalized spacial score (nSPS) is 22.2. The number of nitrogens with one attached hydrogen (secondary N) is 1. The summed E-state index contributed by atoms with van der Waals surface area (Å²) in [6.45, 7) is 0.563. The second-order valence-corrected chi connectivity index (χ2v) is 12.5. The summed E-state index contributed by atoms with van der Waals surface area (Å²) in [5.74, 6) is 1.07. The highest BCUT2D eigenvalue weighted by molar-refractivity contribution is 7.89. The van der Waals surface area contributed by atoms with E-state index in [-0.39, 0.29) is 24.8 Å². The number of sulfonamides is 1. The molecule has 1 spiro atoms. The molecule has 3 aliphatic rings. The maximum atomic E-state index is 13.2. The highest BCUT2D eigenvalue weighted by atomic mass is 32.2. The number of hydrogen-bond donors (Lipinski definition) is 3. The molecule has 196 valence electrons. The molecular weight excluding hydrogens is 480 g/mol. The van der Waals surface area contributed by atoms with Crippen LogP contribution in [0.2, 0.25) is 0 Å². The summed E-state index contributed by atoms with van der Waals surface area (Å²) < 4.78 is 29.8. The zero-order valence-electron chi connectivity index (χ0n) is 20.6. The summed E-state index contributed by atoms with van der Waals surface area (Å²) in [6.07, 6.45) is 7.91. The van der Waals surface area contributed by atoms with Gasteiger partial charge in [-0.25, -0.2) is 12.7 Å². The fourth-order valence-corrected chi connectivity index (χ4v) is 7.38. The Bertz CT molecular complexity index is 1240. The first-order valence-corrected chi connectivity index (χ1v) is 14.7. The van der Waals surface area contributed by atoms with Crippen LogP contribution >= 0.6 is 0 Å². The van der Waals surface area contributed by atoms with Crippen molar-refractivity contribution in [2.75, 3.05) is 25.4 Å². The third-order valence-corrected chi connectivity index (χ3v) is 9.96. The minimum atomic E-state index is -3.49. The van der Waals surface area contributed by atoms with E-state index in [1.165, 1.54) is 23.6 Å². The summed E-state index contributed by atoms with van der Waals surface area (Å²) in [7, 11) is -3.49. The van der Waals surface area contributed by atoms with Gasteiger partial charge in [-0.15, -0.1) is 0 Å². The highest BCUT2D eigenvalue weighted by Gasteiger charge is 2.48. The van der Waals surface area contributed by atoms with Crippen molar-refractivity contribution in [1.82, 2.24) is 14.2 Å². The van der Waals surface area contributed by atoms with E-state index in [4.69, 9.17) is 10.1 Å². The summed E-state index contributed by atoms with van der Waals surface area (Å²) in [5.41, 5.74) is 1.02. The van der Waals surface area contributed by atoms with Crippen LogP contribution in [0, 0.1) is 5.92 Å². The van der Waals surface area contributed by atoms with Crippen LogP contribution in [0.25, 0.3) is 10.9 Å². The fourth-order valence-electron chi connectivity index (χ4n) is 5.90. The van der Waals surface area contributed by atoms with E-state index in [1.54, 1.807) is 0 Å². The highest BCUT2D eigenvalue weighted by Crippen LogP contribution is 2.35. The molecule has 2 aromatic rings. The van der Waals surface area contributed by atoms with Crippen molar-refractivity contribution in [3.63, 3.8) is 0 Å². The molecular formula is C26H36N4O5S. The van der Waals surface area contributed by atoms with Gasteiger partial charge in [0.1, 0.15) is 11.4 Å². The summed E-state index contributed by atoms with van der Waals surface area (Å²) in [4.78, 5) is 17.7. The third-order valence-electron chi connectivity index (χ3n) is 8.09. The zero-order chi connectivity index (χ0) is 25.3. The number of piperidine rings is 1. The van der Waals surface area contributed by atoms with E-state index in [1.807, 2.05) is 35.0 Å². The van der Waals surface area contributed by atoms with Gasteiger partial charge < -0.3 is 20.1 Å². The van der Waals surface area contributed by atoms with Gasteiger partial charge in [-0.2, -0.15) is 0 Å². The first-order valence-electron chi connectivity index (χ1n) is 13.1. The van der Waals surface area contributed by atoms with E-state index >= 15 is 0 Å². The molecule has 1 amide bonds. The number of carbonyl (C=O) groups excluding carboxylic acids is 1. The van der Waals surface area contributed by atoms with E-state index in [9.17, 15) is 18.3 Å². The molecule has 9 nitrogen and oxygen atoms in total. The Labute approximate surface area is 212 Å². The average Bonchev–Trinajstić information content (AvgIpc) is 3.44. The van der Waals surface area contributed by atoms with Gasteiger partial charge in [-0.3, -0.25) is 9.79 Å². The van der Waals surface area contributed by atoms with Gasteiger partial charge >= 0.3 is 0 Å². The number of aryl methyl sites for hydroxylation is 1. The van der Waals surface area contributed by atoms with Crippen LogP contribution in [0.4, 0.5) is 0 Å². The number of carbonyl (C=O) groups is 1. The molecule has 10 heteroatoms. The monoisotopic (exact) mass is 516 g/mol. The third kappa shape index (κ3) is 4.96. The second-order valence-electron chi connectivity index (χ2n) is 10.4.